The molecule has 0 unspecified atom stereocenters. The van der Waals surface area contributed by atoms with Crippen LogP contribution >= 0.6 is 0 Å². The van der Waals surface area contributed by atoms with Gasteiger partial charge in [-0.05, 0) is 5.92 Å². The molecule has 0 amide bonds. The normalized spacial score (nSPS) is 10.3. The zero-order chi connectivity index (χ0) is 7.56. The van der Waals surface area contributed by atoms with Gasteiger partial charge in [0.25, 0.3) is 5.56 Å². The molecule has 0 saturated carbocycles. The minimum absolute atomic E-state index is 0. The Morgan fingerprint density at radius 3 is 2.70 bits per heavy atom. The van der Waals surface area contributed by atoms with Crippen LogP contribution in [0.5, 0.6) is 0 Å². The lowest BCUT2D eigenvalue weighted by Crippen LogP contribution is -2.08. The predicted octanol–water partition coefficient (Wildman–Crippen LogP) is 1.14. The summed E-state index contributed by atoms with van der Waals surface area (Å²) in [5.74, 6) is 0.335. The van der Waals surface area contributed by atoms with Crippen LogP contribution in [0.1, 0.15) is 26.9 Å². The molecule has 10 heavy (non-hydrogen) atoms. The van der Waals surface area contributed by atoms with Crippen LogP contribution < -0.4 is 5.56 Å². The van der Waals surface area contributed by atoms with Gasteiger partial charge in [-0.2, -0.15) is 0 Å². The minimum atomic E-state index is -0.133. The van der Waals surface area contributed by atoms with Crippen LogP contribution in [0.3, 0.4) is 0 Å². The maximum absolute atomic E-state index is 10.7. The first-order chi connectivity index (χ1) is 4.70. The Kier molecular flexibility index (Phi) is 1.85. The Morgan fingerprint density at radius 2 is 2.30 bits per heavy atom. The molecule has 0 fully saturated rings. The Hall–Kier alpha value is -1.12. The third-order valence-electron chi connectivity index (χ3n) is 1.29. The fourth-order valence-electron chi connectivity index (χ4n) is 0.685. The summed E-state index contributed by atoms with van der Waals surface area (Å²) in [5, 5.41) is 0. The van der Waals surface area contributed by atoms with E-state index in [-0.39, 0.29) is 6.99 Å². The van der Waals surface area contributed by atoms with E-state index in [1.807, 2.05) is 13.8 Å². The summed E-state index contributed by atoms with van der Waals surface area (Å²) in [6.07, 6.45) is 2.94. The first kappa shape index (κ1) is 6.99. The molecule has 0 bridgehead atoms. The molecule has 0 aliphatic rings. The average Bonchev–Trinajstić information content (AvgIpc) is 1.88. The second-order valence-corrected chi connectivity index (χ2v) is 2.51. The summed E-state index contributed by atoms with van der Waals surface area (Å²) in [6.45, 7) is 4.01. The molecule has 0 saturated heterocycles. The van der Waals surface area contributed by atoms with Crippen LogP contribution in [-0.4, -0.2) is 9.97 Å². The minimum Gasteiger partial charge on any atom is -0.323 e. The van der Waals surface area contributed by atoms with Gasteiger partial charge in [0.05, 0.1) is 6.20 Å². The van der Waals surface area contributed by atoms with Crippen LogP contribution in [0.4, 0.5) is 0 Å². The quantitative estimate of drug-likeness (QED) is 0.635. The zero-order valence-corrected chi connectivity index (χ0v) is 6.09. The molecule has 1 N–H and O–H groups in total. The standard InChI is InChI=1S/C7H10N2O.H2/c1-5(2)6-3-8-4-7(10)9-6;/h3-5H,1-2H3,(H,9,10);1H. The van der Waals surface area contributed by atoms with E-state index in [9.17, 15) is 4.79 Å². The van der Waals surface area contributed by atoms with Crippen LogP contribution in [-0.2, 0) is 0 Å². The summed E-state index contributed by atoms with van der Waals surface area (Å²) in [5.41, 5.74) is 0.749. The van der Waals surface area contributed by atoms with E-state index in [1.165, 1.54) is 6.20 Å². The molecular weight excluding hydrogens is 128 g/mol. The van der Waals surface area contributed by atoms with Gasteiger partial charge in [-0.15, -0.1) is 0 Å². The van der Waals surface area contributed by atoms with E-state index < -0.39 is 0 Å². The number of aromatic nitrogens is 2. The maximum Gasteiger partial charge on any atom is 0.266 e. The summed E-state index contributed by atoms with van der Waals surface area (Å²) in [6, 6.07) is 0. The molecule has 56 valence electrons. The number of hydrogen-bond donors (Lipinski definition) is 1. The highest BCUT2D eigenvalue weighted by molar-refractivity contribution is 4.99. The van der Waals surface area contributed by atoms with Gasteiger partial charge in [0, 0.05) is 13.3 Å². The Balaban J connectivity index is 0.000001000. The van der Waals surface area contributed by atoms with Crippen LogP contribution in [0, 0.1) is 0 Å². The third kappa shape index (κ3) is 1.43. The maximum atomic E-state index is 10.7. The molecule has 1 aromatic rings. The van der Waals surface area contributed by atoms with Crippen molar-refractivity contribution in [2.45, 2.75) is 19.8 Å². The van der Waals surface area contributed by atoms with Crippen molar-refractivity contribution >= 4 is 0 Å². The molecule has 3 nitrogen and oxygen atoms in total. The van der Waals surface area contributed by atoms with E-state index >= 15 is 0 Å². The zero-order valence-electron chi connectivity index (χ0n) is 6.09. The summed E-state index contributed by atoms with van der Waals surface area (Å²) in [7, 11) is 0. The molecule has 1 aromatic heterocycles. The molecule has 1 rings (SSSR count). The van der Waals surface area contributed by atoms with E-state index in [0.29, 0.717) is 5.92 Å². The molecular formula is C7H12N2O. The second kappa shape index (κ2) is 2.64. The average molecular weight is 140 g/mol. The molecule has 0 aliphatic heterocycles. The van der Waals surface area contributed by atoms with Crippen LogP contribution in [0.2, 0.25) is 0 Å². The van der Waals surface area contributed by atoms with Crippen molar-refractivity contribution in [1.82, 2.24) is 9.97 Å². The lowest BCUT2D eigenvalue weighted by atomic mass is 10.1. The fourth-order valence-corrected chi connectivity index (χ4v) is 0.685. The third-order valence-corrected chi connectivity index (χ3v) is 1.29. The molecule has 0 radical (unpaired) electrons. The van der Waals surface area contributed by atoms with Crippen molar-refractivity contribution in [3.63, 3.8) is 0 Å². The van der Waals surface area contributed by atoms with E-state index in [4.69, 9.17) is 0 Å². The Morgan fingerprint density at radius 1 is 1.60 bits per heavy atom. The number of H-pyrrole nitrogens is 1. The lowest BCUT2D eigenvalue weighted by Gasteiger charge is -2.00. The van der Waals surface area contributed by atoms with Gasteiger partial charge >= 0.3 is 0 Å². The van der Waals surface area contributed by atoms with Crippen LogP contribution in [0.15, 0.2) is 17.2 Å². The van der Waals surface area contributed by atoms with E-state index in [1.54, 1.807) is 6.20 Å². The first-order valence-electron chi connectivity index (χ1n) is 3.24. The monoisotopic (exact) mass is 140 g/mol. The van der Waals surface area contributed by atoms with Crippen molar-refractivity contribution in [3.8, 4) is 0 Å². The predicted molar refractivity (Wildman–Crippen MR) is 41.1 cm³/mol. The van der Waals surface area contributed by atoms with Gasteiger partial charge in [-0.3, -0.25) is 9.78 Å². The highest BCUT2D eigenvalue weighted by Crippen LogP contribution is 2.05. The smallest absolute Gasteiger partial charge is 0.266 e. The summed E-state index contributed by atoms with van der Waals surface area (Å²) < 4.78 is 0. The lowest BCUT2D eigenvalue weighted by molar-refractivity contribution is 0.803. The van der Waals surface area contributed by atoms with Crippen LogP contribution in [0.25, 0.3) is 0 Å². The largest absolute Gasteiger partial charge is 0.323 e. The fraction of sp³-hybridized carbons (Fsp3) is 0.429. The first-order valence-corrected chi connectivity index (χ1v) is 3.24. The van der Waals surface area contributed by atoms with Crippen molar-refractivity contribution in [1.29, 1.82) is 0 Å². The van der Waals surface area contributed by atoms with Crippen molar-refractivity contribution in [2.24, 2.45) is 0 Å². The number of hydrogen-bond acceptors (Lipinski definition) is 2. The summed E-state index contributed by atoms with van der Waals surface area (Å²) in [4.78, 5) is 17.1. The molecule has 1 heterocycles. The van der Waals surface area contributed by atoms with Gasteiger partial charge in [0.1, 0.15) is 0 Å². The number of nitrogens with zero attached hydrogens (tertiary/aromatic N) is 1. The number of aromatic amines is 1. The molecule has 0 aromatic carbocycles. The molecule has 0 atom stereocenters. The van der Waals surface area contributed by atoms with E-state index in [0.717, 1.165) is 5.69 Å². The number of nitrogens with one attached hydrogen (secondary N) is 1. The number of rotatable bonds is 1. The van der Waals surface area contributed by atoms with Gasteiger partial charge in [-0.1, -0.05) is 13.8 Å². The van der Waals surface area contributed by atoms with Crippen molar-refractivity contribution in [3.05, 3.63) is 28.4 Å². The molecule has 0 aliphatic carbocycles. The topological polar surface area (TPSA) is 45.8 Å². The molecule has 3 heteroatoms. The van der Waals surface area contributed by atoms with Gasteiger partial charge in [0.2, 0.25) is 0 Å². The van der Waals surface area contributed by atoms with E-state index in [2.05, 4.69) is 9.97 Å². The van der Waals surface area contributed by atoms with Gasteiger partial charge in [0.15, 0.2) is 0 Å². The SMILES string of the molecule is CC(C)c1cncc(=O)[nH]1.[HH]. The molecule has 0 spiro atoms. The van der Waals surface area contributed by atoms with Gasteiger partial charge < -0.3 is 4.98 Å². The Labute approximate surface area is 60.6 Å². The van der Waals surface area contributed by atoms with Crippen molar-refractivity contribution in [2.75, 3.05) is 0 Å². The summed E-state index contributed by atoms with van der Waals surface area (Å²) >= 11 is 0. The Bertz CT molecular complexity index is 269. The van der Waals surface area contributed by atoms with Gasteiger partial charge in [-0.25, -0.2) is 0 Å². The second-order valence-electron chi connectivity index (χ2n) is 2.51. The highest BCUT2D eigenvalue weighted by Gasteiger charge is 1.97. The van der Waals surface area contributed by atoms with Crippen molar-refractivity contribution < 1.29 is 1.43 Å². The highest BCUT2D eigenvalue weighted by atomic mass is 16.1.